The highest BCUT2D eigenvalue weighted by molar-refractivity contribution is 5.76. The molecule has 52 valence electrons. The average molecular weight is 128 g/mol. The van der Waals surface area contributed by atoms with E-state index in [1.54, 1.807) is 0 Å². The van der Waals surface area contributed by atoms with Gasteiger partial charge in [0.05, 0.1) is 6.61 Å². The molecule has 0 bridgehead atoms. The number of hydrogen-bond acceptors (Lipinski definition) is 2. The summed E-state index contributed by atoms with van der Waals surface area (Å²) in [6, 6.07) is 0. The fraction of sp³-hybridized carbons (Fsp3) is 0.571. The molecule has 0 N–H and O–H groups in total. The second-order valence-electron chi connectivity index (χ2n) is 1.79. The molecule has 2 heteroatoms. The summed E-state index contributed by atoms with van der Waals surface area (Å²) in [6.07, 6.45) is 3.75. The number of allylic oxidation sites excluding steroid dienone is 1. The maximum atomic E-state index is 10.3. The van der Waals surface area contributed by atoms with Crippen LogP contribution in [0.15, 0.2) is 12.2 Å². The first-order valence-corrected chi connectivity index (χ1v) is 2.95. The van der Waals surface area contributed by atoms with Gasteiger partial charge in [-0.1, -0.05) is 12.2 Å². The smallest absolute Gasteiger partial charge is 0.155 e. The molecule has 0 amide bonds. The van der Waals surface area contributed by atoms with E-state index in [4.69, 9.17) is 4.74 Å². The Labute approximate surface area is 55.5 Å². The van der Waals surface area contributed by atoms with Gasteiger partial charge in [-0.15, -0.1) is 0 Å². The fourth-order valence-electron chi connectivity index (χ4n) is 0.367. The summed E-state index contributed by atoms with van der Waals surface area (Å²) in [5, 5.41) is 0. The second-order valence-corrected chi connectivity index (χ2v) is 1.79. The van der Waals surface area contributed by atoms with E-state index in [9.17, 15) is 4.79 Å². The SMILES string of the molecule is CC=CCOCC(C)=O. The maximum absolute atomic E-state index is 10.3. The standard InChI is InChI=1S/C7H12O2/c1-3-4-5-9-6-7(2)8/h3-4H,5-6H2,1-2H3. The number of carbonyl (C=O) groups is 1. The number of rotatable bonds is 4. The van der Waals surface area contributed by atoms with Gasteiger partial charge in [0, 0.05) is 0 Å². The average Bonchev–Trinajstić information content (AvgIpc) is 1.80. The molecule has 0 saturated heterocycles. The lowest BCUT2D eigenvalue weighted by Crippen LogP contribution is -2.03. The highest BCUT2D eigenvalue weighted by atomic mass is 16.5. The van der Waals surface area contributed by atoms with Crippen molar-refractivity contribution in [3.8, 4) is 0 Å². The van der Waals surface area contributed by atoms with Gasteiger partial charge in [0.15, 0.2) is 5.78 Å². The van der Waals surface area contributed by atoms with Crippen LogP contribution in [0.5, 0.6) is 0 Å². The molecule has 0 aliphatic heterocycles. The summed E-state index contributed by atoms with van der Waals surface area (Å²) in [5.74, 6) is 0.0690. The Morgan fingerprint density at radius 1 is 1.67 bits per heavy atom. The van der Waals surface area contributed by atoms with Gasteiger partial charge in [0.1, 0.15) is 6.61 Å². The van der Waals surface area contributed by atoms with Crippen LogP contribution in [0.4, 0.5) is 0 Å². The van der Waals surface area contributed by atoms with Crippen molar-refractivity contribution < 1.29 is 9.53 Å². The summed E-state index contributed by atoms with van der Waals surface area (Å²) >= 11 is 0. The molecule has 0 radical (unpaired) electrons. The molecule has 0 aliphatic rings. The maximum Gasteiger partial charge on any atom is 0.155 e. The zero-order valence-electron chi connectivity index (χ0n) is 5.89. The molecular formula is C7H12O2. The molecule has 0 spiro atoms. The van der Waals surface area contributed by atoms with Crippen LogP contribution in [0.25, 0.3) is 0 Å². The monoisotopic (exact) mass is 128 g/mol. The zero-order valence-corrected chi connectivity index (χ0v) is 5.89. The van der Waals surface area contributed by atoms with E-state index in [2.05, 4.69) is 0 Å². The first kappa shape index (κ1) is 8.37. The van der Waals surface area contributed by atoms with E-state index in [0.29, 0.717) is 6.61 Å². The van der Waals surface area contributed by atoms with Crippen molar-refractivity contribution >= 4 is 5.78 Å². The molecule has 0 rings (SSSR count). The van der Waals surface area contributed by atoms with Gasteiger partial charge in [-0.25, -0.2) is 0 Å². The Morgan fingerprint density at radius 3 is 2.78 bits per heavy atom. The molecule has 0 fully saturated rings. The van der Waals surface area contributed by atoms with E-state index in [0.717, 1.165) is 0 Å². The molecule has 0 unspecified atom stereocenters. The van der Waals surface area contributed by atoms with Gasteiger partial charge in [0.25, 0.3) is 0 Å². The molecule has 0 atom stereocenters. The van der Waals surface area contributed by atoms with Crippen molar-refractivity contribution in [3.63, 3.8) is 0 Å². The second kappa shape index (κ2) is 5.51. The van der Waals surface area contributed by atoms with Gasteiger partial charge >= 0.3 is 0 Å². The van der Waals surface area contributed by atoms with E-state index < -0.39 is 0 Å². The number of Topliss-reactive ketones (excluding diaryl/α,β-unsaturated/α-hetero) is 1. The first-order valence-electron chi connectivity index (χ1n) is 2.95. The van der Waals surface area contributed by atoms with Gasteiger partial charge < -0.3 is 4.74 Å². The van der Waals surface area contributed by atoms with Crippen molar-refractivity contribution in [2.24, 2.45) is 0 Å². The molecule has 0 saturated carbocycles. The van der Waals surface area contributed by atoms with Crippen molar-refractivity contribution in [1.29, 1.82) is 0 Å². The predicted molar refractivity (Wildman–Crippen MR) is 36.3 cm³/mol. The Morgan fingerprint density at radius 2 is 2.33 bits per heavy atom. The van der Waals surface area contributed by atoms with Gasteiger partial charge in [0.2, 0.25) is 0 Å². The predicted octanol–water partition coefficient (Wildman–Crippen LogP) is 1.17. The van der Waals surface area contributed by atoms with Gasteiger partial charge in [-0.3, -0.25) is 4.79 Å². The third kappa shape index (κ3) is 7.37. The summed E-state index contributed by atoms with van der Waals surface area (Å²) in [4.78, 5) is 10.3. The van der Waals surface area contributed by atoms with E-state index in [-0.39, 0.29) is 12.4 Å². The van der Waals surface area contributed by atoms with Crippen LogP contribution < -0.4 is 0 Å². The Balaban J connectivity index is 3.01. The molecule has 2 nitrogen and oxygen atoms in total. The summed E-state index contributed by atoms with van der Waals surface area (Å²) in [5.41, 5.74) is 0. The lowest BCUT2D eigenvalue weighted by atomic mass is 10.5. The number of hydrogen-bond donors (Lipinski definition) is 0. The fourth-order valence-corrected chi connectivity index (χ4v) is 0.367. The van der Waals surface area contributed by atoms with Crippen LogP contribution in [0.1, 0.15) is 13.8 Å². The van der Waals surface area contributed by atoms with E-state index >= 15 is 0 Å². The Hall–Kier alpha value is -0.630. The Kier molecular flexibility index (Phi) is 5.12. The third-order valence-electron chi connectivity index (χ3n) is 0.755. The zero-order chi connectivity index (χ0) is 7.11. The molecule has 0 aromatic carbocycles. The minimum absolute atomic E-state index is 0.0690. The van der Waals surface area contributed by atoms with Crippen LogP contribution in [-0.4, -0.2) is 19.0 Å². The summed E-state index contributed by atoms with van der Waals surface area (Å²) in [6.45, 7) is 4.19. The number of ether oxygens (including phenoxy) is 1. The normalized spacial score (nSPS) is 10.4. The van der Waals surface area contributed by atoms with Crippen LogP contribution in [0.3, 0.4) is 0 Å². The summed E-state index contributed by atoms with van der Waals surface area (Å²) < 4.78 is 4.90. The summed E-state index contributed by atoms with van der Waals surface area (Å²) in [7, 11) is 0. The molecule has 9 heavy (non-hydrogen) atoms. The minimum atomic E-state index is 0.0690. The minimum Gasteiger partial charge on any atom is -0.370 e. The number of carbonyl (C=O) groups excluding carboxylic acids is 1. The first-order chi connectivity index (χ1) is 4.27. The van der Waals surface area contributed by atoms with Crippen molar-refractivity contribution in [2.45, 2.75) is 13.8 Å². The molecule has 0 aromatic heterocycles. The quantitative estimate of drug-likeness (QED) is 0.419. The lowest BCUT2D eigenvalue weighted by molar-refractivity contribution is -0.121. The topological polar surface area (TPSA) is 26.3 Å². The van der Waals surface area contributed by atoms with Crippen LogP contribution in [0.2, 0.25) is 0 Å². The van der Waals surface area contributed by atoms with Crippen molar-refractivity contribution in [2.75, 3.05) is 13.2 Å². The van der Waals surface area contributed by atoms with Crippen LogP contribution >= 0.6 is 0 Å². The molecule has 0 heterocycles. The third-order valence-corrected chi connectivity index (χ3v) is 0.755. The highest BCUT2D eigenvalue weighted by Gasteiger charge is 1.88. The van der Waals surface area contributed by atoms with Crippen LogP contribution in [0, 0.1) is 0 Å². The lowest BCUT2D eigenvalue weighted by Gasteiger charge is -1.93. The Bertz CT molecular complexity index is 105. The number of ketones is 1. The van der Waals surface area contributed by atoms with Crippen molar-refractivity contribution in [1.82, 2.24) is 0 Å². The molecule has 0 aromatic rings. The van der Waals surface area contributed by atoms with E-state index in [1.807, 2.05) is 19.1 Å². The van der Waals surface area contributed by atoms with Gasteiger partial charge in [-0.05, 0) is 13.8 Å². The van der Waals surface area contributed by atoms with E-state index in [1.165, 1.54) is 6.92 Å². The molecular weight excluding hydrogens is 116 g/mol. The van der Waals surface area contributed by atoms with Gasteiger partial charge in [-0.2, -0.15) is 0 Å². The van der Waals surface area contributed by atoms with Crippen LogP contribution in [-0.2, 0) is 9.53 Å². The van der Waals surface area contributed by atoms with Crippen molar-refractivity contribution in [3.05, 3.63) is 12.2 Å². The highest BCUT2D eigenvalue weighted by Crippen LogP contribution is 1.77. The molecule has 0 aliphatic carbocycles. The largest absolute Gasteiger partial charge is 0.370 e.